The van der Waals surface area contributed by atoms with E-state index in [1.165, 1.54) is 11.4 Å². The summed E-state index contributed by atoms with van der Waals surface area (Å²) >= 11 is 0. The minimum atomic E-state index is -3.60. The number of aromatic nitrogens is 2. The average molecular weight is 357 g/mol. The number of sulfonamides is 1. The van der Waals surface area contributed by atoms with E-state index in [0.29, 0.717) is 12.3 Å². The van der Waals surface area contributed by atoms with Crippen LogP contribution in [0.1, 0.15) is 12.2 Å². The molecule has 7 heteroatoms. The molecule has 0 bridgehead atoms. The normalized spacial score (nSPS) is 15.7. The number of nitrogens with zero attached hydrogens (tertiary/aromatic N) is 3. The summed E-state index contributed by atoms with van der Waals surface area (Å²) in [4.78, 5) is 4.88. The number of benzene rings is 2. The molecular weight excluding hydrogens is 338 g/mol. The van der Waals surface area contributed by atoms with Crippen molar-refractivity contribution in [3.63, 3.8) is 0 Å². The highest BCUT2D eigenvalue weighted by molar-refractivity contribution is 7.89. The van der Waals surface area contributed by atoms with Crippen molar-refractivity contribution in [2.45, 2.75) is 24.4 Å². The van der Waals surface area contributed by atoms with E-state index < -0.39 is 10.0 Å². The number of aryl methyl sites for hydroxylation is 1. The third-order valence-electron chi connectivity index (χ3n) is 4.52. The average Bonchev–Trinajstić information content (AvgIpc) is 2.84. The standard InChI is InChI=1S/C18H19N3O3S/c1-24-14-6-4-7-15(12-14)25(22,23)20-10-5-11-21-17-9-3-2-8-16(17)19-18(21)13-20/h2-4,6-9,12H,5,10-11,13H2,1H3. The fraction of sp³-hybridized carbons (Fsp3) is 0.278. The zero-order valence-corrected chi connectivity index (χ0v) is 14.7. The molecule has 0 saturated heterocycles. The molecule has 0 N–H and O–H groups in total. The van der Waals surface area contributed by atoms with Gasteiger partial charge in [0.05, 0.1) is 29.6 Å². The van der Waals surface area contributed by atoms with Gasteiger partial charge in [0.2, 0.25) is 10.0 Å². The highest BCUT2D eigenvalue weighted by Gasteiger charge is 2.28. The molecule has 6 nitrogen and oxygen atoms in total. The van der Waals surface area contributed by atoms with Crippen molar-refractivity contribution in [1.82, 2.24) is 13.9 Å². The molecular formula is C18H19N3O3S. The van der Waals surface area contributed by atoms with E-state index in [1.54, 1.807) is 24.3 Å². The third-order valence-corrected chi connectivity index (χ3v) is 6.36. The lowest BCUT2D eigenvalue weighted by atomic mass is 10.3. The molecule has 1 aliphatic rings. The molecule has 0 atom stereocenters. The minimum Gasteiger partial charge on any atom is -0.497 e. The Kier molecular flexibility index (Phi) is 3.97. The fourth-order valence-electron chi connectivity index (χ4n) is 3.25. The Hall–Kier alpha value is -2.38. The summed E-state index contributed by atoms with van der Waals surface area (Å²) in [6.45, 7) is 1.51. The van der Waals surface area contributed by atoms with Crippen LogP contribution in [-0.2, 0) is 23.1 Å². The lowest BCUT2D eigenvalue weighted by Crippen LogP contribution is -2.31. The predicted molar refractivity (Wildman–Crippen MR) is 94.9 cm³/mol. The molecule has 2 aromatic carbocycles. The van der Waals surface area contributed by atoms with Gasteiger partial charge >= 0.3 is 0 Å². The Morgan fingerprint density at radius 1 is 1.08 bits per heavy atom. The first kappa shape index (κ1) is 16.1. The van der Waals surface area contributed by atoms with Gasteiger partial charge in [-0.25, -0.2) is 13.4 Å². The van der Waals surface area contributed by atoms with Gasteiger partial charge in [-0.15, -0.1) is 0 Å². The summed E-state index contributed by atoms with van der Waals surface area (Å²) in [6.07, 6.45) is 0.747. The summed E-state index contributed by atoms with van der Waals surface area (Å²) in [5.41, 5.74) is 1.95. The number of methoxy groups -OCH3 is 1. The van der Waals surface area contributed by atoms with Crippen LogP contribution in [0.4, 0.5) is 0 Å². The van der Waals surface area contributed by atoms with Crippen LogP contribution >= 0.6 is 0 Å². The molecule has 2 heterocycles. The van der Waals surface area contributed by atoms with E-state index >= 15 is 0 Å². The van der Waals surface area contributed by atoms with E-state index in [4.69, 9.17) is 4.74 Å². The van der Waals surface area contributed by atoms with Gasteiger partial charge in [0.1, 0.15) is 11.6 Å². The number of fused-ring (bicyclic) bond motifs is 3. The molecule has 25 heavy (non-hydrogen) atoms. The van der Waals surface area contributed by atoms with E-state index in [9.17, 15) is 8.42 Å². The van der Waals surface area contributed by atoms with Crippen molar-refractivity contribution in [3.8, 4) is 5.75 Å². The van der Waals surface area contributed by atoms with Gasteiger partial charge in [-0.2, -0.15) is 4.31 Å². The zero-order chi connectivity index (χ0) is 17.4. The van der Waals surface area contributed by atoms with Crippen molar-refractivity contribution < 1.29 is 13.2 Å². The molecule has 0 amide bonds. The Labute approximate surface area is 146 Å². The van der Waals surface area contributed by atoms with Crippen molar-refractivity contribution in [2.75, 3.05) is 13.7 Å². The van der Waals surface area contributed by atoms with Crippen LogP contribution in [0, 0.1) is 0 Å². The maximum absolute atomic E-state index is 13.1. The van der Waals surface area contributed by atoms with E-state index in [1.807, 2.05) is 24.3 Å². The Morgan fingerprint density at radius 3 is 2.76 bits per heavy atom. The van der Waals surface area contributed by atoms with E-state index in [0.717, 1.165) is 29.8 Å². The van der Waals surface area contributed by atoms with E-state index in [2.05, 4.69) is 9.55 Å². The van der Waals surface area contributed by atoms with Gasteiger partial charge in [-0.3, -0.25) is 0 Å². The first-order chi connectivity index (χ1) is 12.1. The number of imidazole rings is 1. The third kappa shape index (κ3) is 2.79. The molecule has 0 spiro atoms. The SMILES string of the molecule is COc1cccc(S(=O)(=O)N2CCCn3c(nc4ccccc43)C2)c1. The zero-order valence-electron chi connectivity index (χ0n) is 13.9. The smallest absolute Gasteiger partial charge is 0.243 e. The van der Waals surface area contributed by atoms with Crippen LogP contribution in [0.3, 0.4) is 0 Å². The van der Waals surface area contributed by atoms with Crippen LogP contribution in [0.15, 0.2) is 53.4 Å². The Morgan fingerprint density at radius 2 is 1.92 bits per heavy atom. The van der Waals surface area contributed by atoms with Gasteiger partial charge in [0, 0.05) is 19.2 Å². The quantitative estimate of drug-likeness (QED) is 0.723. The minimum absolute atomic E-state index is 0.247. The van der Waals surface area contributed by atoms with Gasteiger partial charge in [0.25, 0.3) is 0 Å². The van der Waals surface area contributed by atoms with Gasteiger partial charge < -0.3 is 9.30 Å². The number of hydrogen-bond donors (Lipinski definition) is 0. The second-order valence-electron chi connectivity index (χ2n) is 6.04. The largest absolute Gasteiger partial charge is 0.497 e. The number of rotatable bonds is 3. The fourth-order valence-corrected chi connectivity index (χ4v) is 4.72. The Bertz CT molecular complexity index is 1030. The van der Waals surface area contributed by atoms with Crippen LogP contribution < -0.4 is 4.74 Å². The summed E-state index contributed by atoms with van der Waals surface area (Å²) in [7, 11) is -2.07. The molecule has 0 saturated carbocycles. The maximum Gasteiger partial charge on any atom is 0.243 e. The first-order valence-corrected chi connectivity index (χ1v) is 9.62. The first-order valence-electron chi connectivity index (χ1n) is 8.18. The van der Waals surface area contributed by atoms with Gasteiger partial charge in [0.15, 0.2) is 0 Å². The highest BCUT2D eigenvalue weighted by atomic mass is 32.2. The molecule has 1 aliphatic heterocycles. The lowest BCUT2D eigenvalue weighted by Gasteiger charge is -2.19. The molecule has 4 rings (SSSR count). The van der Waals surface area contributed by atoms with Gasteiger partial charge in [-0.05, 0) is 30.7 Å². The summed E-state index contributed by atoms with van der Waals surface area (Å²) < 4.78 is 34.9. The molecule has 0 radical (unpaired) electrons. The van der Waals surface area contributed by atoms with Crippen LogP contribution in [-0.4, -0.2) is 35.9 Å². The number of ether oxygens (including phenoxy) is 1. The molecule has 0 unspecified atom stereocenters. The maximum atomic E-state index is 13.1. The van der Waals surface area contributed by atoms with Crippen molar-refractivity contribution >= 4 is 21.1 Å². The summed E-state index contributed by atoms with van der Waals surface area (Å²) in [5, 5.41) is 0. The van der Waals surface area contributed by atoms with Crippen LogP contribution in [0.25, 0.3) is 11.0 Å². The summed E-state index contributed by atoms with van der Waals surface area (Å²) in [6, 6.07) is 14.5. The second kappa shape index (κ2) is 6.16. The van der Waals surface area contributed by atoms with Crippen molar-refractivity contribution in [2.24, 2.45) is 0 Å². The van der Waals surface area contributed by atoms with Crippen molar-refractivity contribution in [1.29, 1.82) is 0 Å². The molecule has 1 aromatic heterocycles. The molecule has 3 aromatic rings. The monoisotopic (exact) mass is 357 g/mol. The number of hydrogen-bond acceptors (Lipinski definition) is 4. The van der Waals surface area contributed by atoms with Crippen molar-refractivity contribution in [3.05, 3.63) is 54.4 Å². The van der Waals surface area contributed by atoms with E-state index in [-0.39, 0.29) is 11.4 Å². The highest BCUT2D eigenvalue weighted by Crippen LogP contribution is 2.26. The number of para-hydroxylation sites is 2. The van der Waals surface area contributed by atoms with Crippen LogP contribution in [0.2, 0.25) is 0 Å². The molecule has 0 aliphatic carbocycles. The molecule has 0 fully saturated rings. The molecule has 130 valence electrons. The van der Waals surface area contributed by atoms with Crippen LogP contribution in [0.5, 0.6) is 5.75 Å². The topological polar surface area (TPSA) is 64.4 Å². The summed E-state index contributed by atoms with van der Waals surface area (Å²) in [5.74, 6) is 1.31. The second-order valence-corrected chi connectivity index (χ2v) is 7.98. The lowest BCUT2D eigenvalue weighted by molar-refractivity contribution is 0.402. The Balaban J connectivity index is 1.73. The van der Waals surface area contributed by atoms with Gasteiger partial charge in [-0.1, -0.05) is 18.2 Å². The predicted octanol–water partition coefficient (Wildman–Crippen LogP) is 2.64.